The third kappa shape index (κ3) is 21.4. The van der Waals surface area contributed by atoms with Gasteiger partial charge in [0.15, 0.2) is 0 Å². The zero-order valence-corrected chi connectivity index (χ0v) is 47.1. The van der Waals surface area contributed by atoms with Crippen molar-refractivity contribution in [3.05, 3.63) is 125 Å². The summed E-state index contributed by atoms with van der Waals surface area (Å²) in [7, 11) is 11.9. The molecular formula is C58H71N9O15. The Labute approximate surface area is 476 Å². The molecule has 24 nitrogen and oxygen atoms in total. The van der Waals surface area contributed by atoms with Crippen LogP contribution in [0.25, 0.3) is 0 Å². The fraction of sp³-hybridized carbons (Fsp3) is 0.397. The number of fused-ring (bicyclic) bond motifs is 2. The van der Waals surface area contributed by atoms with E-state index in [1.165, 1.54) is 41.1 Å². The molecule has 0 aromatic heterocycles. The Bertz CT molecular complexity index is 2830. The number of anilines is 1. The summed E-state index contributed by atoms with van der Waals surface area (Å²) in [5, 5.41) is 17.3. The highest BCUT2D eigenvalue weighted by Crippen LogP contribution is 2.26. The van der Waals surface area contributed by atoms with Crippen molar-refractivity contribution in [3.63, 3.8) is 0 Å². The molecule has 0 spiro atoms. The van der Waals surface area contributed by atoms with Crippen molar-refractivity contribution in [1.29, 1.82) is 0 Å². The maximum absolute atomic E-state index is 13.8. The van der Waals surface area contributed by atoms with E-state index in [1.54, 1.807) is 55.4 Å². The van der Waals surface area contributed by atoms with E-state index in [2.05, 4.69) is 27.8 Å². The highest BCUT2D eigenvalue weighted by molar-refractivity contribution is 5.97. The number of para-hydroxylation sites is 1. The molecular weight excluding hydrogens is 1060 g/mol. The van der Waals surface area contributed by atoms with Crippen molar-refractivity contribution in [2.24, 2.45) is 0 Å². The van der Waals surface area contributed by atoms with Crippen molar-refractivity contribution in [1.82, 2.24) is 40.4 Å². The minimum Gasteiger partial charge on any atom is -0.481 e. The number of hydrogen-bond donors (Lipinski definition) is 4. The molecule has 0 fully saturated rings. The van der Waals surface area contributed by atoms with Crippen LogP contribution in [0.2, 0.25) is 0 Å². The molecule has 7 amide bonds. The van der Waals surface area contributed by atoms with E-state index >= 15 is 0 Å². The van der Waals surface area contributed by atoms with E-state index in [0.29, 0.717) is 48.6 Å². The number of ether oxygens (including phenoxy) is 5. The Morgan fingerprint density at radius 2 is 1.10 bits per heavy atom. The summed E-state index contributed by atoms with van der Waals surface area (Å²) in [6.45, 7) is 0.740. The SMILES string of the molecule is CN(C)CCN(C)C(=O)Oc1ccc(COC(=O)NCC(CNC(=O)OCc2ccc(OC(=O)N(C)CCN(C)C)cc2)OC(=O)[C@H](CC(=O)O)N(C)C(=O)CCNC(=O)CCC(=O)N2Cc3ccccc3C#Cc3ccccc32)cc1. The number of carbonyl (C=O) groups is 9. The molecule has 0 radical (unpaired) electrons. The van der Waals surface area contributed by atoms with E-state index in [0.717, 1.165) is 16.0 Å². The molecule has 4 aromatic rings. The quantitative estimate of drug-likeness (QED) is 0.0369. The molecule has 0 aliphatic carbocycles. The van der Waals surface area contributed by atoms with Crippen molar-refractivity contribution >= 4 is 59.7 Å². The first-order valence-corrected chi connectivity index (χ1v) is 26.2. The second-order valence-corrected chi connectivity index (χ2v) is 19.6. The van der Waals surface area contributed by atoms with E-state index in [9.17, 15) is 48.3 Å². The number of aliphatic carboxylic acids is 1. The minimum atomic E-state index is -1.71. The summed E-state index contributed by atoms with van der Waals surface area (Å²) in [6, 6.07) is 25.4. The lowest BCUT2D eigenvalue weighted by molar-refractivity contribution is -0.161. The lowest BCUT2D eigenvalue weighted by atomic mass is 10.0. The Morgan fingerprint density at radius 1 is 0.598 bits per heavy atom. The molecule has 0 unspecified atom stereocenters. The number of carboxylic acids is 1. The van der Waals surface area contributed by atoms with Crippen molar-refractivity contribution < 1.29 is 71.9 Å². The van der Waals surface area contributed by atoms with Gasteiger partial charge in [-0.05, 0) is 87.3 Å². The molecule has 4 aromatic carbocycles. The van der Waals surface area contributed by atoms with E-state index in [4.69, 9.17) is 23.7 Å². The molecule has 24 heteroatoms. The number of carbonyl (C=O) groups excluding carboxylic acids is 8. The van der Waals surface area contributed by atoms with Crippen LogP contribution in [0, 0.1) is 11.8 Å². The van der Waals surface area contributed by atoms with E-state index in [-0.39, 0.29) is 63.0 Å². The molecule has 4 N–H and O–H groups in total. The molecule has 1 atom stereocenters. The van der Waals surface area contributed by atoms with Gasteiger partial charge < -0.3 is 74.1 Å². The molecule has 5 rings (SSSR count). The van der Waals surface area contributed by atoms with Gasteiger partial charge in [-0.1, -0.05) is 66.4 Å². The summed E-state index contributed by atoms with van der Waals surface area (Å²) < 4.78 is 27.2. The summed E-state index contributed by atoms with van der Waals surface area (Å²) in [5.41, 5.74) is 3.93. The van der Waals surface area contributed by atoms with E-state index in [1.807, 2.05) is 74.4 Å². The molecule has 438 valence electrons. The monoisotopic (exact) mass is 1130 g/mol. The Hall–Kier alpha value is -9.21. The van der Waals surface area contributed by atoms with Crippen LogP contribution in [0.4, 0.5) is 24.9 Å². The largest absolute Gasteiger partial charge is 0.481 e. The van der Waals surface area contributed by atoms with Gasteiger partial charge in [0, 0.05) is 84.3 Å². The third-order valence-electron chi connectivity index (χ3n) is 12.5. The minimum absolute atomic E-state index is 0.162. The van der Waals surface area contributed by atoms with Gasteiger partial charge in [-0.3, -0.25) is 19.2 Å². The normalized spacial score (nSPS) is 11.7. The van der Waals surface area contributed by atoms with Gasteiger partial charge in [0.25, 0.3) is 0 Å². The number of likely N-dealkylation sites (N-methyl/N-ethyl adjacent to an activating group) is 5. The van der Waals surface area contributed by atoms with Crippen LogP contribution in [-0.2, 0) is 57.9 Å². The van der Waals surface area contributed by atoms with Crippen molar-refractivity contribution in [2.75, 3.05) is 100 Å². The van der Waals surface area contributed by atoms with Gasteiger partial charge in [0.1, 0.15) is 36.9 Å². The zero-order chi connectivity index (χ0) is 59.7. The summed E-state index contributed by atoms with van der Waals surface area (Å²) >= 11 is 0. The summed E-state index contributed by atoms with van der Waals surface area (Å²) in [4.78, 5) is 126. The number of amides is 7. The molecule has 0 saturated heterocycles. The smallest absolute Gasteiger partial charge is 0.415 e. The number of alkyl carbamates (subject to hydrolysis) is 2. The number of nitrogens with one attached hydrogen (secondary N) is 3. The number of benzene rings is 4. The second kappa shape index (κ2) is 32.1. The number of nitrogens with zero attached hydrogens (tertiary/aromatic N) is 6. The van der Waals surface area contributed by atoms with Crippen molar-refractivity contribution in [2.45, 2.75) is 57.6 Å². The number of hydrogen-bond acceptors (Lipinski definition) is 16. The zero-order valence-electron chi connectivity index (χ0n) is 47.1. The van der Waals surface area contributed by atoms with Gasteiger partial charge in [-0.15, -0.1) is 0 Å². The predicted octanol–water partition coefficient (Wildman–Crippen LogP) is 4.27. The highest BCUT2D eigenvalue weighted by Gasteiger charge is 2.33. The number of esters is 1. The molecule has 0 saturated carbocycles. The maximum Gasteiger partial charge on any atom is 0.415 e. The Balaban J connectivity index is 1.16. The van der Waals surface area contributed by atoms with Crippen LogP contribution in [0.5, 0.6) is 11.5 Å². The Kier molecular flexibility index (Phi) is 24.9. The molecule has 1 heterocycles. The fourth-order valence-electron chi connectivity index (χ4n) is 7.59. The van der Waals surface area contributed by atoms with Gasteiger partial charge in [0.05, 0.1) is 31.7 Å². The number of carboxylic acid groups (broad SMARTS) is 1. The third-order valence-corrected chi connectivity index (χ3v) is 12.5. The molecule has 1 aliphatic rings. The number of rotatable bonds is 27. The van der Waals surface area contributed by atoms with Gasteiger partial charge in [-0.25, -0.2) is 24.0 Å². The first-order valence-electron chi connectivity index (χ1n) is 26.2. The predicted molar refractivity (Wildman–Crippen MR) is 299 cm³/mol. The van der Waals surface area contributed by atoms with Crippen LogP contribution < -0.4 is 30.3 Å². The maximum atomic E-state index is 13.8. The average Bonchev–Trinajstić information content (AvgIpc) is 3.52. The van der Waals surface area contributed by atoms with Crippen molar-refractivity contribution in [3.8, 4) is 23.3 Å². The molecule has 1 aliphatic heterocycles. The van der Waals surface area contributed by atoms with E-state index < -0.39 is 79.8 Å². The van der Waals surface area contributed by atoms with Crippen LogP contribution >= 0.6 is 0 Å². The molecule has 0 bridgehead atoms. The van der Waals surface area contributed by atoms with Crippen LogP contribution in [0.15, 0.2) is 97.1 Å². The first kappa shape index (κ1) is 63.6. The van der Waals surface area contributed by atoms with Crippen LogP contribution in [0.3, 0.4) is 0 Å². The fourth-order valence-corrected chi connectivity index (χ4v) is 7.59. The lowest BCUT2D eigenvalue weighted by Gasteiger charge is -2.28. The topological polar surface area (TPSA) is 276 Å². The van der Waals surface area contributed by atoms with Gasteiger partial charge in [-0.2, -0.15) is 0 Å². The highest BCUT2D eigenvalue weighted by atomic mass is 16.6. The van der Waals surface area contributed by atoms with Gasteiger partial charge >= 0.3 is 36.3 Å². The first-order chi connectivity index (χ1) is 39.1. The summed E-state index contributed by atoms with van der Waals surface area (Å²) in [6.07, 6.45) is -6.09. The molecule has 82 heavy (non-hydrogen) atoms. The van der Waals surface area contributed by atoms with Gasteiger partial charge in [0.2, 0.25) is 17.7 Å². The van der Waals surface area contributed by atoms with Crippen LogP contribution in [0.1, 0.15) is 53.5 Å². The average molecular weight is 1130 g/mol. The Morgan fingerprint density at radius 3 is 1.62 bits per heavy atom. The summed E-state index contributed by atoms with van der Waals surface area (Å²) in [5.74, 6) is 2.55. The standard InChI is InChI=1S/C58H71N9O15/c1-62(2)30-32-64(5)57(76)81-45-22-16-40(17-23-45)38-78-55(74)60-35-47(36-61-56(75)79-39-41-18-24-46(25-19-41)82-58(77)65(6)33-31-63(3)4)80-54(73)49(34-53(71)72)66(7)51(69)28-29-59-50(68)26-27-52(70)67-37-44-14-9-8-12-42(44)20-21-43-13-10-11-15-48(43)67/h8-19,22-25,47,49H,26-39H2,1-7H3,(H,59,68)(H,60,74)(H,61,75)(H,71,72)/t49-/m0/s1. The second-order valence-electron chi connectivity index (χ2n) is 19.6. The lowest BCUT2D eigenvalue weighted by Crippen LogP contribution is -2.49. The van der Waals surface area contributed by atoms with Crippen LogP contribution in [-0.4, -0.2) is 191 Å².